The van der Waals surface area contributed by atoms with Gasteiger partial charge in [0.1, 0.15) is 24.2 Å². The highest BCUT2D eigenvalue weighted by Crippen LogP contribution is 2.23. The first-order valence-corrected chi connectivity index (χ1v) is 8.24. The lowest BCUT2D eigenvalue weighted by atomic mass is 10.2. The van der Waals surface area contributed by atoms with Crippen LogP contribution in [0.3, 0.4) is 0 Å². The number of carbonyl (C=O) groups excluding carboxylic acids is 1. The molecular formula is C19H18ClNO4. The average Bonchev–Trinajstić information content (AvgIpc) is 2.62. The first kappa shape index (κ1) is 18.8. The topological polar surface area (TPSA) is 68.6 Å². The second-order valence-electron chi connectivity index (χ2n) is 5.13. The highest BCUT2D eigenvalue weighted by molar-refractivity contribution is 6.31. The Balaban J connectivity index is 1.89. The highest BCUT2D eigenvalue weighted by atomic mass is 35.5. The maximum atomic E-state index is 12.1. The Labute approximate surface area is 151 Å². The standard InChI is InChI=1S/C19H18ClNO4/c1-2-9-23-10-11-24-16-6-3-14(4-7-16)19(22)25-17-8-5-15(13-21)18(20)12-17/h3-8,12H,2,9-11H2,1H3. The smallest absolute Gasteiger partial charge is 0.343 e. The molecule has 0 bridgehead atoms. The van der Waals surface area contributed by atoms with Crippen molar-refractivity contribution in [3.05, 3.63) is 58.6 Å². The summed E-state index contributed by atoms with van der Waals surface area (Å²) in [5.41, 5.74) is 0.709. The van der Waals surface area contributed by atoms with E-state index in [4.69, 9.17) is 31.1 Å². The number of benzene rings is 2. The van der Waals surface area contributed by atoms with E-state index in [9.17, 15) is 4.79 Å². The molecule has 0 fully saturated rings. The molecule has 2 aromatic carbocycles. The summed E-state index contributed by atoms with van der Waals surface area (Å²) in [5, 5.41) is 9.08. The summed E-state index contributed by atoms with van der Waals surface area (Å²) in [6.45, 7) is 3.74. The predicted molar refractivity (Wildman–Crippen MR) is 94.2 cm³/mol. The van der Waals surface area contributed by atoms with E-state index in [1.807, 2.05) is 13.0 Å². The molecule has 0 aliphatic carbocycles. The zero-order valence-electron chi connectivity index (χ0n) is 13.8. The van der Waals surface area contributed by atoms with Crippen molar-refractivity contribution in [2.75, 3.05) is 19.8 Å². The lowest BCUT2D eigenvalue weighted by molar-refractivity contribution is 0.0734. The molecule has 0 aliphatic rings. The minimum atomic E-state index is -0.515. The lowest BCUT2D eigenvalue weighted by Crippen LogP contribution is -2.09. The largest absolute Gasteiger partial charge is 0.491 e. The molecule has 0 saturated carbocycles. The first-order chi connectivity index (χ1) is 12.1. The van der Waals surface area contributed by atoms with Crippen molar-refractivity contribution in [1.82, 2.24) is 0 Å². The van der Waals surface area contributed by atoms with Gasteiger partial charge >= 0.3 is 5.97 Å². The summed E-state index contributed by atoms with van der Waals surface area (Å²) >= 11 is 5.92. The van der Waals surface area contributed by atoms with E-state index >= 15 is 0 Å². The molecule has 0 saturated heterocycles. The molecule has 0 unspecified atom stereocenters. The van der Waals surface area contributed by atoms with Gasteiger partial charge in [-0.2, -0.15) is 5.26 Å². The molecule has 0 atom stereocenters. The first-order valence-electron chi connectivity index (χ1n) is 7.86. The third-order valence-electron chi connectivity index (χ3n) is 3.21. The van der Waals surface area contributed by atoms with Crippen LogP contribution in [0.1, 0.15) is 29.3 Å². The van der Waals surface area contributed by atoms with Crippen LogP contribution < -0.4 is 9.47 Å². The fourth-order valence-corrected chi connectivity index (χ4v) is 2.18. The van der Waals surface area contributed by atoms with Crippen LogP contribution in [0.5, 0.6) is 11.5 Å². The van der Waals surface area contributed by atoms with E-state index in [0.29, 0.717) is 36.7 Å². The summed E-state index contributed by atoms with van der Waals surface area (Å²) in [5.74, 6) is 0.416. The van der Waals surface area contributed by atoms with E-state index in [-0.39, 0.29) is 10.8 Å². The molecule has 0 aliphatic heterocycles. The van der Waals surface area contributed by atoms with Crippen molar-refractivity contribution in [3.63, 3.8) is 0 Å². The Morgan fingerprint density at radius 3 is 2.44 bits per heavy atom. The zero-order valence-corrected chi connectivity index (χ0v) is 14.6. The third kappa shape index (κ3) is 5.79. The van der Waals surface area contributed by atoms with Crippen molar-refractivity contribution in [2.45, 2.75) is 13.3 Å². The molecule has 0 radical (unpaired) electrons. The van der Waals surface area contributed by atoms with Gasteiger partial charge in [0.05, 0.1) is 22.8 Å². The molecule has 0 N–H and O–H groups in total. The van der Waals surface area contributed by atoms with Crippen LogP contribution in [-0.2, 0) is 4.74 Å². The summed E-state index contributed by atoms with van der Waals surface area (Å²) in [6, 6.07) is 13.0. The maximum absolute atomic E-state index is 12.1. The Hall–Kier alpha value is -2.55. The fourth-order valence-electron chi connectivity index (χ4n) is 1.97. The number of carbonyl (C=O) groups is 1. The molecule has 5 nitrogen and oxygen atoms in total. The zero-order chi connectivity index (χ0) is 18.1. The second kappa shape index (κ2) is 9.67. The van der Waals surface area contributed by atoms with Gasteiger partial charge in [-0.1, -0.05) is 18.5 Å². The van der Waals surface area contributed by atoms with Crippen LogP contribution in [0.2, 0.25) is 5.02 Å². The van der Waals surface area contributed by atoms with Crippen molar-refractivity contribution in [1.29, 1.82) is 5.26 Å². The van der Waals surface area contributed by atoms with Gasteiger partial charge in [-0.3, -0.25) is 0 Å². The Kier molecular flexibility index (Phi) is 7.27. The maximum Gasteiger partial charge on any atom is 0.343 e. The lowest BCUT2D eigenvalue weighted by Gasteiger charge is -2.08. The molecular weight excluding hydrogens is 342 g/mol. The van der Waals surface area contributed by atoms with Crippen LogP contribution >= 0.6 is 11.6 Å². The van der Waals surface area contributed by atoms with Gasteiger partial charge in [-0.15, -0.1) is 0 Å². The molecule has 6 heteroatoms. The van der Waals surface area contributed by atoms with E-state index in [0.717, 1.165) is 6.42 Å². The van der Waals surface area contributed by atoms with Crippen LogP contribution in [0, 0.1) is 11.3 Å². The van der Waals surface area contributed by atoms with Gasteiger partial charge in [-0.25, -0.2) is 4.79 Å². The number of halogens is 1. The fraction of sp³-hybridized carbons (Fsp3) is 0.263. The number of nitrogens with zero attached hydrogens (tertiary/aromatic N) is 1. The van der Waals surface area contributed by atoms with Crippen molar-refractivity contribution < 1.29 is 19.0 Å². The molecule has 0 aromatic heterocycles. The summed E-state index contributed by atoms with van der Waals surface area (Å²) < 4.78 is 16.1. The Bertz CT molecular complexity index is 753. The van der Waals surface area contributed by atoms with Gasteiger partial charge in [0, 0.05) is 12.7 Å². The molecule has 25 heavy (non-hydrogen) atoms. The van der Waals surface area contributed by atoms with Crippen LogP contribution in [0.25, 0.3) is 0 Å². The molecule has 130 valence electrons. The SMILES string of the molecule is CCCOCCOc1ccc(C(=O)Oc2ccc(C#N)c(Cl)c2)cc1. The number of rotatable bonds is 8. The van der Waals surface area contributed by atoms with E-state index in [2.05, 4.69) is 0 Å². The quantitative estimate of drug-likeness (QED) is 0.400. The number of hydrogen-bond acceptors (Lipinski definition) is 5. The van der Waals surface area contributed by atoms with E-state index in [1.54, 1.807) is 24.3 Å². The van der Waals surface area contributed by atoms with Crippen molar-refractivity contribution in [3.8, 4) is 17.6 Å². The van der Waals surface area contributed by atoms with Gasteiger partial charge < -0.3 is 14.2 Å². The molecule has 0 heterocycles. The Morgan fingerprint density at radius 1 is 1.08 bits per heavy atom. The molecule has 2 rings (SSSR count). The third-order valence-corrected chi connectivity index (χ3v) is 3.52. The van der Waals surface area contributed by atoms with Gasteiger partial charge in [0.15, 0.2) is 0 Å². The molecule has 0 spiro atoms. The van der Waals surface area contributed by atoms with Crippen LogP contribution in [0.4, 0.5) is 0 Å². The minimum absolute atomic E-state index is 0.238. The number of ether oxygens (including phenoxy) is 3. The van der Waals surface area contributed by atoms with E-state index in [1.165, 1.54) is 18.2 Å². The average molecular weight is 360 g/mol. The monoisotopic (exact) mass is 359 g/mol. The minimum Gasteiger partial charge on any atom is -0.491 e. The summed E-state index contributed by atoms with van der Waals surface area (Å²) in [4.78, 5) is 12.1. The van der Waals surface area contributed by atoms with Crippen LogP contribution in [-0.4, -0.2) is 25.8 Å². The summed E-state index contributed by atoms with van der Waals surface area (Å²) in [7, 11) is 0. The summed E-state index contributed by atoms with van der Waals surface area (Å²) in [6.07, 6.45) is 0.973. The van der Waals surface area contributed by atoms with Gasteiger partial charge in [0.2, 0.25) is 0 Å². The molecule has 0 amide bonds. The Morgan fingerprint density at radius 2 is 1.80 bits per heavy atom. The number of esters is 1. The van der Waals surface area contributed by atoms with E-state index < -0.39 is 5.97 Å². The van der Waals surface area contributed by atoms with Gasteiger partial charge in [-0.05, 0) is 42.8 Å². The highest BCUT2D eigenvalue weighted by Gasteiger charge is 2.10. The second-order valence-corrected chi connectivity index (χ2v) is 5.54. The van der Waals surface area contributed by atoms with Crippen molar-refractivity contribution in [2.24, 2.45) is 0 Å². The predicted octanol–water partition coefficient (Wildman–Crippen LogP) is 4.24. The number of nitriles is 1. The van der Waals surface area contributed by atoms with Gasteiger partial charge in [0.25, 0.3) is 0 Å². The van der Waals surface area contributed by atoms with Crippen LogP contribution in [0.15, 0.2) is 42.5 Å². The number of hydrogen-bond donors (Lipinski definition) is 0. The molecule has 2 aromatic rings. The normalized spacial score (nSPS) is 10.1. The van der Waals surface area contributed by atoms with Crippen molar-refractivity contribution >= 4 is 17.6 Å².